The molecular weight excluding hydrogens is 198 g/mol. The van der Waals surface area contributed by atoms with Crippen molar-refractivity contribution in [1.82, 2.24) is 9.36 Å². The van der Waals surface area contributed by atoms with Crippen molar-refractivity contribution in [3.8, 4) is 0 Å². The van der Waals surface area contributed by atoms with E-state index in [2.05, 4.69) is 28.5 Å². The molecule has 4 nitrogen and oxygen atoms in total. The van der Waals surface area contributed by atoms with Gasteiger partial charge in [-0.25, -0.2) is 4.98 Å². The van der Waals surface area contributed by atoms with Crippen molar-refractivity contribution in [1.29, 1.82) is 0 Å². The highest BCUT2D eigenvalue weighted by Crippen LogP contribution is 2.31. The van der Waals surface area contributed by atoms with Crippen molar-refractivity contribution >= 4 is 16.7 Å². The summed E-state index contributed by atoms with van der Waals surface area (Å²) in [6, 6.07) is 0. The van der Waals surface area contributed by atoms with Crippen molar-refractivity contribution in [2.75, 3.05) is 11.9 Å². The van der Waals surface area contributed by atoms with E-state index < -0.39 is 0 Å². The predicted octanol–water partition coefficient (Wildman–Crippen LogP) is 2.21. The molecule has 78 valence electrons. The molecule has 0 radical (unpaired) electrons. The van der Waals surface area contributed by atoms with Crippen molar-refractivity contribution in [3.05, 3.63) is 5.82 Å². The SMILES string of the molecule is CCNc1nc(C2CCC(C)O2)ns1. The number of nitrogens with one attached hydrogen (secondary N) is 1. The fourth-order valence-corrected chi connectivity index (χ4v) is 2.26. The van der Waals surface area contributed by atoms with E-state index in [-0.39, 0.29) is 6.10 Å². The Labute approximate surface area is 87.9 Å². The second-order valence-electron chi connectivity index (χ2n) is 3.50. The van der Waals surface area contributed by atoms with E-state index in [1.807, 2.05) is 0 Å². The van der Waals surface area contributed by atoms with Gasteiger partial charge >= 0.3 is 0 Å². The highest BCUT2D eigenvalue weighted by atomic mass is 32.1. The zero-order valence-corrected chi connectivity index (χ0v) is 9.30. The molecule has 2 atom stereocenters. The Morgan fingerprint density at radius 1 is 1.57 bits per heavy atom. The molecule has 1 aromatic heterocycles. The van der Waals surface area contributed by atoms with Gasteiger partial charge in [0.05, 0.1) is 6.10 Å². The van der Waals surface area contributed by atoms with Crippen LogP contribution in [-0.2, 0) is 4.74 Å². The number of anilines is 1. The Balaban J connectivity index is 2.02. The lowest BCUT2D eigenvalue weighted by molar-refractivity contribution is 0.0511. The fraction of sp³-hybridized carbons (Fsp3) is 0.778. The highest BCUT2D eigenvalue weighted by molar-refractivity contribution is 7.09. The highest BCUT2D eigenvalue weighted by Gasteiger charge is 2.26. The van der Waals surface area contributed by atoms with Gasteiger partial charge in [-0.05, 0) is 26.7 Å². The first-order valence-corrected chi connectivity index (χ1v) is 5.80. The molecule has 1 aromatic rings. The molecule has 1 aliphatic rings. The van der Waals surface area contributed by atoms with Crippen LogP contribution < -0.4 is 5.32 Å². The summed E-state index contributed by atoms with van der Waals surface area (Å²) in [5.41, 5.74) is 0. The standard InChI is InChI=1S/C9H15N3OS/c1-3-10-9-11-8(12-14-9)7-5-4-6(2)13-7/h6-7H,3-5H2,1-2H3,(H,10,11,12). The van der Waals surface area contributed by atoms with Gasteiger partial charge in [-0.2, -0.15) is 4.37 Å². The largest absolute Gasteiger partial charge is 0.367 e. The predicted molar refractivity (Wildman–Crippen MR) is 56.6 cm³/mol. The molecule has 2 rings (SSSR count). The molecule has 0 aliphatic carbocycles. The average Bonchev–Trinajstić information content (AvgIpc) is 2.74. The van der Waals surface area contributed by atoms with E-state index in [1.165, 1.54) is 11.5 Å². The summed E-state index contributed by atoms with van der Waals surface area (Å²) in [5.74, 6) is 0.843. The van der Waals surface area contributed by atoms with E-state index in [0.717, 1.165) is 30.3 Å². The minimum atomic E-state index is 0.119. The lowest BCUT2D eigenvalue weighted by Gasteiger charge is -2.05. The Morgan fingerprint density at radius 3 is 3.07 bits per heavy atom. The van der Waals surface area contributed by atoms with E-state index in [0.29, 0.717) is 6.10 Å². The second kappa shape index (κ2) is 4.23. The Bertz CT molecular complexity index is 302. The van der Waals surface area contributed by atoms with Crippen molar-refractivity contribution in [2.24, 2.45) is 0 Å². The van der Waals surface area contributed by atoms with Crippen LogP contribution in [0.5, 0.6) is 0 Å². The molecule has 2 heterocycles. The number of hydrogen-bond acceptors (Lipinski definition) is 5. The van der Waals surface area contributed by atoms with Crippen LogP contribution in [0, 0.1) is 0 Å². The van der Waals surface area contributed by atoms with E-state index in [9.17, 15) is 0 Å². The molecule has 1 N–H and O–H groups in total. The number of rotatable bonds is 3. The van der Waals surface area contributed by atoms with Gasteiger partial charge in [0.2, 0.25) is 5.13 Å². The lowest BCUT2D eigenvalue weighted by Crippen LogP contribution is -2.03. The topological polar surface area (TPSA) is 47.0 Å². The number of aromatic nitrogens is 2. The van der Waals surface area contributed by atoms with E-state index in [4.69, 9.17) is 4.74 Å². The molecule has 0 saturated carbocycles. The van der Waals surface area contributed by atoms with Crippen LogP contribution in [0.25, 0.3) is 0 Å². The molecule has 2 unspecified atom stereocenters. The first kappa shape index (κ1) is 9.86. The van der Waals surface area contributed by atoms with Crippen LogP contribution in [0.2, 0.25) is 0 Å². The summed E-state index contributed by atoms with van der Waals surface area (Å²) in [6.07, 6.45) is 2.63. The van der Waals surface area contributed by atoms with Gasteiger partial charge in [-0.15, -0.1) is 0 Å². The van der Waals surface area contributed by atoms with Crippen LogP contribution in [-0.4, -0.2) is 22.0 Å². The van der Waals surface area contributed by atoms with E-state index >= 15 is 0 Å². The zero-order chi connectivity index (χ0) is 9.97. The number of hydrogen-bond donors (Lipinski definition) is 1. The summed E-state index contributed by atoms with van der Waals surface area (Å²) in [5, 5.41) is 4.05. The first-order chi connectivity index (χ1) is 6.79. The maximum atomic E-state index is 5.69. The molecule has 1 saturated heterocycles. The summed E-state index contributed by atoms with van der Waals surface area (Å²) < 4.78 is 9.99. The molecule has 0 spiro atoms. The molecule has 5 heteroatoms. The molecule has 0 amide bonds. The molecule has 14 heavy (non-hydrogen) atoms. The summed E-state index contributed by atoms with van der Waals surface area (Å²) in [7, 11) is 0. The van der Waals surface area contributed by atoms with Crippen LogP contribution >= 0.6 is 11.5 Å². The summed E-state index contributed by atoms with van der Waals surface area (Å²) in [6.45, 7) is 5.03. The van der Waals surface area contributed by atoms with Gasteiger partial charge in [-0.1, -0.05) is 0 Å². The molecule has 0 bridgehead atoms. The minimum absolute atomic E-state index is 0.119. The zero-order valence-electron chi connectivity index (χ0n) is 8.49. The number of ether oxygens (including phenoxy) is 1. The van der Waals surface area contributed by atoms with Crippen molar-refractivity contribution in [3.63, 3.8) is 0 Å². The normalized spacial score (nSPS) is 26.7. The van der Waals surface area contributed by atoms with Gasteiger partial charge in [0.1, 0.15) is 6.10 Å². The first-order valence-electron chi connectivity index (χ1n) is 5.02. The monoisotopic (exact) mass is 213 g/mol. The van der Waals surface area contributed by atoms with Gasteiger partial charge < -0.3 is 10.1 Å². The molecule has 1 fully saturated rings. The van der Waals surface area contributed by atoms with Crippen LogP contribution in [0.4, 0.5) is 5.13 Å². The van der Waals surface area contributed by atoms with E-state index in [1.54, 1.807) is 0 Å². The number of nitrogens with zero attached hydrogens (tertiary/aromatic N) is 2. The van der Waals surface area contributed by atoms with Gasteiger partial charge in [0, 0.05) is 18.1 Å². The maximum Gasteiger partial charge on any atom is 0.202 e. The minimum Gasteiger partial charge on any atom is -0.367 e. The van der Waals surface area contributed by atoms with Gasteiger partial charge in [-0.3, -0.25) is 0 Å². The Hall–Kier alpha value is -0.680. The third kappa shape index (κ3) is 2.04. The fourth-order valence-electron chi connectivity index (χ4n) is 1.58. The Kier molecular flexibility index (Phi) is 2.98. The quantitative estimate of drug-likeness (QED) is 0.836. The van der Waals surface area contributed by atoms with Crippen LogP contribution in [0.3, 0.4) is 0 Å². The second-order valence-corrected chi connectivity index (χ2v) is 4.25. The summed E-state index contributed by atoms with van der Waals surface area (Å²) in [4.78, 5) is 4.39. The van der Waals surface area contributed by atoms with Gasteiger partial charge in [0.25, 0.3) is 0 Å². The molecule has 1 aliphatic heterocycles. The van der Waals surface area contributed by atoms with Gasteiger partial charge in [0.15, 0.2) is 5.82 Å². The Morgan fingerprint density at radius 2 is 2.43 bits per heavy atom. The molecule has 0 aromatic carbocycles. The molecular formula is C9H15N3OS. The van der Waals surface area contributed by atoms with Crippen molar-refractivity contribution in [2.45, 2.75) is 38.9 Å². The lowest BCUT2D eigenvalue weighted by atomic mass is 10.2. The van der Waals surface area contributed by atoms with Crippen LogP contribution in [0.1, 0.15) is 38.6 Å². The third-order valence-electron chi connectivity index (χ3n) is 2.29. The third-order valence-corrected chi connectivity index (χ3v) is 2.98. The van der Waals surface area contributed by atoms with Crippen LogP contribution in [0.15, 0.2) is 0 Å². The maximum absolute atomic E-state index is 5.69. The smallest absolute Gasteiger partial charge is 0.202 e. The average molecular weight is 213 g/mol. The summed E-state index contributed by atoms with van der Waals surface area (Å²) >= 11 is 1.41. The van der Waals surface area contributed by atoms with Crippen molar-refractivity contribution < 1.29 is 4.74 Å².